The molecule has 0 aliphatic rings. The number of pyridine rings is 1. The van der Waals surface area contributed by atoms with E-state index in [2.05, 4.69) is 19.9 Å². The van der Waals surface area contributed by atoms with Crippen molar-refractivity contribution in [3.63, 3.8) is 0 Å². The van der Waals surface area contributed by atoms with E-state index in [1.165, 1.54) is 4.90 Å². The molecule has 0 unspecified atom stereocenters. The Morgan fingerprint density at radius 2 is 1.66 bits per heavy atom. The first-order chi connectivity index (χ1) is 15.7. The molecule has 0 saturated heterocycles. The second-order valence-electron chi connectivity index (χ2n) is 7.10. The maximum Gasteiger partial charge on any atom is 0.276 e. The zero-order valence-electron chi connectivity index (χ0n) is 17.2. The Morgan fingerprint density at radius 3 is 2.31 bits per heavy atom. The van der Waals surface area contributed by atoms with E-state index in [9.17, 15) is 9.59 Å². The van der Waals surface area contributed by atoms with Crippen molar-refractivity contribution in [2.24, 2.45) is 0 Å². The van der Waals surface area contributed by atoms with Gasteiger partial charge in [-0.25, -0.2) is 0 Å². The van der Waals surface area contributed by atoms with Gasteiger partial charge in [-0.15, -0.1) is 5.10 Å². The summed E-state index contributed by atoms with van der Waals surface area (Å²) in [6, 6.07) is 21.7. The monoisotopic (exact) mass is 443 g/mol. The first-order valence-electron chi connectivity index (χ1n) is 10.1. The van der Waals surface area contributed by atoms with E-state index < -0.39 is 6.04 Å². The molecular weight excluding hydrogens is 422 g/mol. The molecule has 7 nitrogen and oxygen atoms in total. The molecule has 4 rings (SSSR count). The van der Waals surface area contributed by atoms with E-state index in [0.29, 0.717) is 12.1 Å². The molecule has 2 heterocycles. The fraction of sp³-hybridized carbons (Fsp3) is 0.125. The zero-order valence-corrected chi connectivity index (χ0v) is 18.0. The maximum absolute atomic E-state index is 13.5. The van der Waals surface area contributed by atoms with Crippen LogP contribution in [0.2, 0.25) is 0 Å². The van der Waals surface area contributed by atoms with Gasteiger partial charge < -0.3 is 10.2 Å². The summed E-state index contributed by atoms with van der Waals surface area (Å²) in [7, 11) is 0. The van der Waals surface area contributed by atoms with Gasteiger partial charge in [-0.1, -0.05) is 71.2 Å². The van der Waals surface area contributed by atoms with Gasteiger partial charge in [0.05, 0.1) is 0 Å². The van der Waals surface area contributed by atoms with Gasteiger partial charge >= 0.3 is 0 Å². The standard InChI is InChI=1S/C24H21N5O2S/c30-23(26-15-18-8-3-1-4-9-18)22(20-11-5-2-6-12-20)29(16-19-10-7-13-25-14-19)24(31)21-17-32-28-27-21/h1-14,17,22H,15-16H2,(H,26,30)/t22-/m0/s1. The fourth-order valence-electron chi connectivity index (χ4n) is 3.36. The number of rotatable bonds is 8. The lowest BCUT2D eigenvalue weighted by atomic mass is 10.0. The highest BCUT2D eigenvalue weighted by atomic mass is 32.1. The number of carbonyl (C=O) groups is 2. The van der Waals surface area contributed by atoms with Crippen LogP contribution in [0.5, 0.6) is 0 Å². The van der Waals surface area contributed by atoms with Gasteiger partial charge in [0.15, 0.2) is 5.69 Å². The summed E-state index contributed by atoms with van der Waals surface area (Å²) in [6.45, 7) is 0.554. The van der Waals surface area contributed by atoms with Crippen molar-refractivity contribution in [2.75, 3.05) is 0 Å². The summed E-state index contributed by atoms with van der Waals surface area (Å²) in [4.78, 5) is 32.6. The lowest BCUT2D eigenvalue weighted by molar-refractivity contribution is -0.126. The minimum Gasteiger partial charge on any atom is -0.350 e. The van der Waals surface area contributed by atoms with E-state index in [0.717, 1.165) is 22.7 Å². The lowest BCUT2D eigenvalue weighted by Gasteiger charge is -2.31. The summed E-state index contributed by atoms with van der Waals surface area (Å²) in [5, 5.41) is 8.51. The van der Waals surface area contributed by atoms with Crippen LogP contribution >= 0.6 is 11.5 Å². The number of benzene rings is 2. The second-order valence-corrected chi connectivity index (χ2v) is 7.71. The molecule has 0 saturated carbocycles. The molecule has 2 aromatic heterocycles. The van der Waals surface area contributed by atoms with Crippen molar-refractivity contribution < 1.29 is 9.59 Å². The highest BCUT2D eigenvalue weighted by Crippen LogP contribution is 2.25. The molecule has 0 aliphatic heterocycles. The molecule has 0 fully saturated rings. The van der Waals surface area contributed by atoms with Crippen LogP contribution in [-0.2, 0) is 17.9 Å². The maximum atomic E-state index is 13.5. The third-order valence-corrected chi connectivity index (χ3v) is 5.41. The van der Waals surface area contributed by atoms with Crippen LogP contribution in [0, 0.1) is 0 Å². The van der Waals surface area contributed by atoms with Crippen molar-refractivity contribution >= 4 is 23.3 Å². The number of hydrogen-bond donors (Lipinski definition) is 1. The van der Waals surface area contributed by atoms with Crippen LogP contribution < -0.4 is 5.32 Å². The molecule has 0 spiro atoms. The van der Waals surface area contributed by atoms with Crippen molar-refractivity contribution in [3.8, 4) is 0 Å². The molecule has 1 N–H and O–H groups in total. The molecule has 2 amide bonds. The number of nitrogens with one attached hydrogen (secondary N) is 1. The van der Waals surface area contributed by atoms with E-state index in [1.807, 2.05) is 66.7 Å². The third kappa shape index (κ3) is 5.22. The Morgan fingerprint density at radius 1 is 0.938 bits per heavy atom. The van der Waals surface area contributed by atoms with Crippen LogP contribution in [0.1, 0.15) is 33.2 Å². The lowest BCUT2D eigenvalue weighted by Crippen LogP contribution is -2.43. The van der Waals surface area contributed by atoms with Crippen molar-refractivity contribution in [3.05, 3.63) is 113 Å². The molecule has 160 valence electrons. The van der Waals surface area contributed by atoms with Crippen LogP contribution in [0.4, 0.5) is 0 Å². The Bertz CT molecular complexity index is 1140. The third-order valence-electron chi connectivity index (χ3n) is 4.90. The van der Waals surface area contributed by atoms with E-state index in [-0.39, 0.29) is 24.1 Å². The molecule has 8 heteroatoms. The van der Waals surface area contributed by atoms with E-state index in [1.54, 1.807) is 23.8 Å². The average Bonchev–Trinajstić information content (AvgIpc) is 3.39. The van der Waals surface area contributed by atoms with Gasteiger partial charge in [-0.3, -0.25) is 14.6 Å². The Kier molecular flexibility index (Phi) is 6.94. The molecule has 0 bridgehead atoms. The molecular formula is C24H21N5O2S. The summed E-state index contributed by atoms with van der Waals surface area (Å²) in [6.07, 6.45) is 3.35. The van der Waals surface area contributed by atoms with Gasteiger partial charge in [0.25, 0.3) is 5.91 Å². The first kappa shape index (κ1) is 21.3. The number of carbonyl (C=O) groups excluding carboxylic acids is 2. The van der Waals surface area contributed by atoms with Gasteiger partial charge in [-0.2, -0.15) is 0 Å². The number of amides is 2. The van der Waals surface area contributed by atoms with Crippen LogP contribution in [0.15, 0.2) is 90.6 Å². The van der Waals surface area contributed by atoms with E-state index in [4.69, 9.17) is 0 Å². The highest BCUT2D eigenvalue weighted by molar-refractivity contribution is 7.03. The van der Waals surface area contributed by atoms with Gasteiger partial charge in [0, 0.05) is 30.9 Å². The largest absolute Gasteiger partial charge is 0.350 e. The minimum absolute atomic E-state index is 0.197. The quantitative estimate of drug-likeness (QED) is 0.449. The normalized spacial score (nSPS) is 11.5. The number of hydrogen-bond acceptors (Lipinski definition) is 6. The number of nitrogens with zero attached hydrogens (tertiary/aromatic N) is 4. The van der Waals surface area contributed by atoms with Gasteiger partial charge in [-0.05, 0) is 34.3 Å². The first-order valence-corrected chi connectivity index (χ1v) is 10.9. The van der Waals surface area contributed by atoms with Crippen LogP contribution in [0.3, 0.4) is 0 Å². The van der Waals surface area contributed by atoms with Crippen LogP contribution in [0.25, 0.3) is 0 Å². The molecule has 4 aromatic rings. The summed E-state index contributed by atoms with van der Waals surface area (Å²) in [5.74, 6) is -0.646. The molecule has 2 aromatic carbocycles. The predicted molar refractivity (Wildman–Crippen MR) is 121 cm³/mol. The second kappa shape index (κ2) is 10.4. The van der Waals surface area contributed by atoms with Crippen molar-refractivity contribution in [2.45, 2.75) is 19.1 Å². The average molecular weight is 444 g/mol. The summed E-state index contributed by atoms with van der Waals surface area (Å²) < 4.78 is 3.82. The number of aromatic nitrogens is 3. The van der Waals surface area contributed by atoms with Crippen LogP contribution in [-0.4, -0.2) is 31.3 Å². The SMILES string of the molecule is O=C(NCc1ccccc1)[C@H](c1ccccc1)N(Cc1cccnc1)C(=O)c1csnn1. The van der Waals surface area contributed by atoms with E-state index >= 15 is 0 Å². The Balaban J connectivity index is 1.68. The topological polar surface area (TPSA) is 88.1 Å². The Hall–Kier alpha value is -3.91. The summed E-state index contributed by atoms with van der Waals surface area (Å²) in [5.41, 5.74) is 2.69. The fourth-order valence-corrected chi connectivity index (χ4v) is 3.79. The predicted octanol–water partition coefficient (Wildman–Crippen LogP) is 3.63. The van der Waals surface area contributed by atoms with Gasteiger partial charge in [0.1, 0.15) is 6.04 Å². The highest BCUT2D eigenvalue weighted by Gasteiger charge is 2.33. The smallest absolute Gasteiger partial charge is 0.276 e. The molecule has 32 heavy (non-hydrogen) atoms. The molecule has 1 atom stereocenters. The van der Waals surface area contributed by atoms with Gasteiger partial charge in [0.2, 0.25) is 5.91 Å². The van der Waals surface area contributed by atoms with Crippen molar-refractivity contribution in [1.82, 2.24) is 24.8 Å². The molecule has 0 radical (unpaired) electrons. The van der Waals surface area contributed by atoms with Crippen molar-refractivity contribution in [1.29, 1.82) is 0 Å². The molecule has 0 aliphatic carbocycles. The minimum atomic E-state index is -0.852. The Labute approximate surface area is 189 Å². The zero-order chi connectivity index (χ0) is 22.2. The summed E-state index contributed by atoms with van der Waals surface area (Å²) >= 11 is 1.09.